The van der Waals surface area contributed by atoms with E-state index < -0.39 is 0 Å². The molecular formula is C14H21N3O. The summed E-state index contributed by atoms with van der Waals surface area (Å²) in [5.41, 5.74) is 6.93. The molecule has 0 radical (unpaired) electrons. The van der Waals surface area contributed by atoms with Gasteiger partial charge in [0.2, 0.25) is 0 Å². The van der Waals surface area contributed by atoms with Gasteiger partial charge in [-0.05, 0) is 25.3 Å². The molecule has 0 bridgehead atoms. The molecule has 0 saturated carbocycles. The molecule has 1 atom stereocenters. The van der Waals surface area contributed by atoms with E-state index in [9.17, 15) is 4.79 Å². The minimum absolute atomic E-state index is 0.0364. The molecule has 1 fully saturated rings. The molecule has 0 aliphatic carbocycles. The summed E-state index contributed by atoms with van der Waals surface area (Å²) in [6, 6.07) is 2.03. The Hall–Kier alpha value is -1.58. The molecule has 0 aromatic carbocycles. The molecule has 98 valence electrons. The molecule has 4 heteroatoms. The fourth-order valence-electron chi connectivity index (χ4n) is 2.61. The third-order valence-electron chi connectivity index (χ3n) is 3.69. The van der Waals surface area contributed by atoms with Crippen molar-refractivity contribution in [3.05, 3.63) is 24.0 Å². The molecule has 2 N–H and O–H groups in total. The highest BCUT2D eigenvalue weighted by atomic mass is 16.2. The monoisotopic (exact) mass is 247 g/mol. The van der Waals surface area contributed by atoms with Crippen molar-refractivity contribution in [2.24, 2.45) is 0 Å². The largest absolute Gasteiger partial charge is 0.398 e. The Morgan fingerprint density at radius 3 is 3.06 bits per heavy atom. The summed E-state index contributed by atoms with van der Waals surface area (Å²) in [5.74, 6) is 0.0364. The Morgan fingerprint density at radius 1 is 1.50 bits per heavy atom. The van der Waals surface area contributed by atoms with Gasteiger partial charge < -0.3 is 10.6 Å². The number of pyridine rings is 1. The average Bonchev–Trinajstić information content (AvgIpc) is 2.63. The van der Waals surface area contributed by atoms with Crippen LogP contribution in [0.3, 0.4) is 0 Å². The zero-order chi connectivity index (χ0) is 13.0. The fourth-order valence-corrected chi connectivity index (χ4v) is 2.61. The number of rotatable bonds is 2. The number of hydrogen-bond donors (Lipinski definition) is 1. The number of nitrogens with two attached hydrogens (primary N) is 1. The Kier molecular flexibility index (Phi) is 4.18. The van der Waals surface area contributed by atoms with Crippen molar-refractivity contribution in [1.29, 1.82) is 0 Å². The maximum atomic E-state index is 12.5. The molecular weight excluding hydrogens is 226 g/mol. The lowest BCUT2D eigenvalue weighted by molar-refractivity contribution is 0.0679. The van der Waals surface area contributed by atoms with E-state index in [1.807, 2.05) is 4.90 Å². The van der Waals surface area contributed by atoms with E-state index in [4.69, 9.17) is 5.73 Å². The van der Waals surface area contributed by atoms with E-state index in [1.54, 1.807) is 18.5 Å². The number of carbonyl (C=O) groups is 1. The van der Waals surface area contributed by atoms with Crippen LogP contribution in [0.15, 0.2) is 18.5 Å². The number of anilines is 1. The van der Waals surface area contributed by atoms with E-state index in [0.29, 0.717) is 17.3 Å². The van der Waals surface area contributed by atoms with Crippen LogP contribution in [-0.4, -0.2) is 28.4 Å². The maximum absolute atomic E-state index is 12.5. The number of likely N-dealkylation sites (tertiary alicyclic amines) is 1. The van der Waals surface area contributed by atoms with Gasteiger partial charge in [0.25, 0.3) is 5.91 Å². The second-order valence-corrected chi connectivity index (χ2v) is 4.87. The van der Waals surface area contributed by atoms with Crippen molar-refractivity contribution in [2.75, 3.05) is 12.3 Å². The van der Waals surface area contributed by atoms with Gasteiger partial charge in [-0.2, -0.15) is 0 Å². The third kappa shape index (κ3) is 2.63. The van der Waals surface area contributed by atoms with Crippen molar-refractivity contribution in [3.63, 3.8) is 0 Å². The van der Waals surface area contributed by atoms with Crippen molar-refractivity contribution < 1.29 is 4.79 Å². The summed E-state index contributed by atoms with van der Waals surface area (Å²) >= 11 is 0. The Balaban J connectivity index is 2.23. The standard InChI is InChI=1S/C14H21N3O/c1-2-11-6-4-3-5-9-17(11)14(18)12-10-16-8-7-13(12)15/h7-8,10-11H,2-6,9H2,1H3,(H2,15,16). The molecule has 4 nitrogen and oxygen atoms in total. The quantitative estimate of drug-likeness (QED) is 0.873. The van der Waals surface area contributed by atoms with E-state index in [1.165, 1.54) is 12.8 Å². The summed E-state index contributed by atoms with van der Waals surface area (Å²) in [4.78, 5) is 18.5. The second kappa shape index (κ2) is 5.85. The molecule has 1 aromatic heterocycles. The van der Waals surface area contributed by atoms with E-state index in [-0.39, 0.29) is 5.91 Å². The van der Waals surface area contributed by atoms with Crippen LogP contribution >= 0.6 is 0 Å². The Labute approximate surface area is 108 Å². The third-order valence-corrected chi connectivity index (χ3v) is 3.69. The molecule has 0 spiro atoms. The molecule has 1 aromatic rings. The van der Waals surface area contributed by atoms with Crippen LogP contribution in [0.5, 0.6) is 0 Å². The van der Waals surface area contributed by atoms with Gasteiger partial charge in [0.1, 0.15) is 0 Å². The van der Waals surface area contributed by atoms with Gasteiger partial charge in [-0.25, -0.2) is 0 Å². The first-order valence-electron chi connectivity index (χ1n) is 6.74. The van der Waals surface area contributed by atoms with Crippen molar-refractivity contribution in [1.82, 2.24) is 9.88 Å². The zero-order valence-corrected chi connectivity index (χ0v) is 10.9. The lowest BCUT2D eigenvalue weighted by atomic mass is 10.1. The summed E-state index contributed by atoms with van der Waals surface area (Å²) in [6.45, 7) is 2.98. The average molecular weight is 247 g/mol. The normalized spacial score (nSPS) is 20.5. The van der Waals surface area contributed by atoms with Crippen LogP contribution in [0, 0.1) is 0 Å². The molecule has 1 aliphatic heterocycles. The van der Waals surface area contributed by atoms with Gasteiger partial charge in [-0.1, -0.05) is 19.8 Å². The SMILES string of the molecule is CCC1CCCCCN1C(=O)c1cnccc1N. The van der Waals surface area contributed by atoms with E-state index in [2.05, 4.69) is 11.9 Å². The van der Waals surface area contributed by atoms with Crippen LogP contribution in [0.2, 0.25) is 0 Å². The molecule has 1 aliphatic rings. The first kappa shape index (κ1) is 12.9. The number of amides is 1. The smallest absolute Gasteiger partial charge is 0.257 e. The van der Waals surface area contributed by atoms with Crippen LogP contribution < -0.4 is 5.73 Å². The number of nitrogens with zero attached hydrogens (tertiary/aromatic N) is 2. The van der Waals surface area contributed by atoms with Crippen LogP contribution in [0.1, 0.15) is 49.4 Å². The highest BCUT2D eigenvalue weighted by Gasteiger charge is 2.26. The molecule has 1 saturated heterocycles. The molecule has 18 heavy (non-hydrogen) atoms. The van der Waals surface area contributed by atoms with Crippen molar-refractivity contribution in [2.45, 2.75) is 45.1 Å². The maximum Gasteiger partial charge on any atom is 0.257 e. The summed E-state index contributed by atoms with van der Waals surface area (Å²) in [5, 5.41) is 0. The summed E-state index contributed by atoms with van der Waals surface area (Å²) in [6.07, 6.45) is 8.81. The van der Waals surface area contributed by atoms with E-state index >= 15 is 0 Å². The number of aromatic nitrogens is 1. The van der Waals surface area contributed by atoms with E-state index in [0.717, 1.165) is 25.8 Å². The van der Waals surface area contributed by atoms with Gasteiger partial charge in [0.15, 0.2) is 0 Å². The molecule has 2 heterocycles. The van der Waals surface area contributed by atoms with Gasteiger partial charge in [-0.15, -0.1) is 0 Å². The fraction of sp³-hybridized carbons (Fsp3) is 0.571. The Bertz CT molecular complexity index is 419. The van der Waals surface area contributed by atoms with Gasteiger partial charge in [0, 0.05) is 30.7 Å². The van der Waals surface area contributed by atoms with Crippen molar-refractivity contribution in [3.8, 4) is 0 Å². The first-order valence-corrected chi connectivity index (χ1v) is 6.74. The lowest BCUT2D eigenvalue weighted by Gasteiger charge is -2.29. The van der Waals surface area contributed by atoms with Crippen LogP contribution in [0.4, 0.5) is 5.69 Å². The second-order valence-electron chi connectivity index (χ2n) is 4.87. The minimum atomic E-state index is 0.0364. The molecule has 2 rings (SSSR count). The number of nitrogen functional groups attached to an aromatic ring is 1. The number of carbonyl (C=O) groups excluding carboxylic acids is 1. The van der Waals surface area contributed by atoms with Gasteiger partial charge in [0.05, 0.1) is 5.56 Å². The zero-order valence-electron chi connectivity index (χ0n) is 10.9. The van der Waals surface area contributed by atoms with Crippen LogP contribution in [0.25, 0.3) is 0 Å². The molecule has 1 amide bonds. The lowest BCUT2D eigenvalue weighted by Crippen LogP contribution is -2.40. The predicted molar refractivity (Wildman–Crippen MR) is 72.2 cm³/mol. The highest BCUT2D eigenvalue weighted by molar-refractivity contribution is 5.98. The minimum Gasteiger partial charge on any atom is -0.398 e. The van der Waals surface area contributed by atoms with Crippen molar-refractivity contribution >= 4 is 11.6 Å². The predicted octanol–water partition coefficient (Wildman–Crippen LogP) is 2.46. The van der Waals surface area contributed by atoms with Gasteiger partial charge >= 0.3 is 0 Å². The molecule has 1 unspecified atom stereocenters. The highest BCUT2D eigenvalue weighted by Crippen LogP contribution is 2.22. The Morgan fingerprint density at radius 2 is 2.33 bits per heavy atom. The number of hydrogen-bond acceptors (Lipinski definition) is 3. The van der Waals surface area contributed by atoms with Gasteiger partial charge in [-0.3, -0.25) is 9.78 Å². The van der Waals surface area contributed by atoms with Crippen LogP contribution in [-0.2, 0) is 0 Å². The summed E-state index contributed by atoms with van der Waals surface area (Å²) in [7, 11) is 0. The summed E-state index contributed by atoms with van der Waals surface area (Å²) < 4.78 is 0. The topological polar surface area (TPSA) is 59.2 Å². The first-order chi connectivity index (χ1) is 8.74.